The van der Waals surface area contributed by atoms with E-state index in [0.29, 0.717) is 5.69 Å². The Hall–Kier alpha value is -2.41. The molecule has 3 aromatic rings. The van der Waals surface area contributed by atoms with E-state index in [1.807, 2.05) is 6.92 Å². The first-order valence-corrected chi connectivity index (χ1v) is 6.91. The fourth-order valence-electron chi connectivity index (χ4n) is 1.72. The van der Waals surface area contributed by atoms with Gasteiger partial charge in [0, 0.05) is 23.3 Å². The molecule has 0 saturated heterocycles. The fourth-order valence-corrected chi connectivity index (χ4v) is 2.46. The lowest BCUT2D eigenvalue weighted by molar-refractivity contribution is 0.586. The number of hydrogen-bond acceptors (Lipinski definition) is 5. The van der Waals surface area contributed by atoms with E-state index >= 15 is 0 Å². The highest BCUT2D eigenvalue weighted by molar-refractivity contribution is 7.14. The van der Waals surface area contributed by atoms with E-state index in [4.69, 9.17) is 0 Å². The van der Waals surface area contributed by atoms with Crippen LogP contribution in [0.5, 0.6) is 0 Å². The second-order valence-corrected chi connectivity index (χ2v) is 5.53. The molecule has 0 aliphatic heterocycles. The Morgan fingerprint density at radius 3 is 2.71 bits per heavy atom. The van der Waals surface area contributed by atoms with Crippen LogP contribution < -0.4 is 5.32 Å². The number of hydrogen-bond donors (Lipinski definition) is 1. The summed E-state index contributed by atoms with van der Waals surface area (Å²) in [7, 11) is 0. The number of benzene rings is 1. The first kappa shape index (κ1) is 13.6. The Morgan fingerprint density at radius 2 is 2.00 bits per heavy atom. The van der Waals surface area contributed by atoms with E-state index in [1.165, 1.54) is 23.5 Å². The lowest BCUT2D eigenvalue weighted by Crippen LogP contribution is -2.00. The van der Waals surface area contributed by atoms with Crippen molar-refractivity contribution in [2.75, 3.05) is 5.32 Å². The van der Waals surface area contributed by atoms with Crippen LogP contribution >= 0.6 is 11.3 Å². The molecule has 3 rings (SSSR count). The minimum Gasteiger partial charge on any atom is -0.322 e. The topological polar surface area (TPSA) is 50.7 Å². The predicted molar refractivity (Wildman–Crippen MR) is 77.5 cm³/mol. The number of aryl methyl sites for hydroxylation is 1. The molecule has 0 radical (unpaired) electrons. The minimum atomic E-state index is -0.700. The first-order chi connectivity index (χ1) is 10.1. The highest BCUT2D eigenvalue weighted by atomic mass is 32.1. The molecule has 0 bridgehead atoms. The van der Waals surface area contributed by atoms with Crippen molar-refractivity contribution in [2.45, 2.75) is 6.92 Å². The quantitative estimate of drug-likeness (QED) is 0.796. The monoisotopic (exact) mass is 304 g/mol. The zero-order valence-electron chi connectivity index (χ0n) is 11.0. The van der Waals surface area contributed by atoms with E-state index < -0.39 is 11.6 Å². The number of aromatic nitrogens is 3. The lowest BCUT2D eigenvalue weighted by Gasteiger charge is -2.06. The molecule has 0 amide bonds. The van der Waals surface area contributed by atoms with Crippen LogP contribution in [-0.4, -0.2) is 15.0 Å². The van der Waals surface area contributed by atoms with Gasteiger partial charge in [-0.2, -0.15) is 0 Å². The molecule has 7 heteroatoms. The summed E-state index contributed by atoms with van der Waals surface area (Å²) in [6.45, 7) is 1.95. The maximum atomic E-state index is 13.6. The fraction of sp³-hybridized carbons (Fsp3) is 0.0714. The van der Waals surface area contributed by atoms with Gasteiger partial charge in [-0.05, 0) is 25.1 Å². The summed E-state index contributed by atoms with van der Waals surface area (Å²) in [5, 5.41) is 3.49. The number of anilines is 2. The van der Waals surface area contributed by atoms with Crippen molar-refractivity contribution >= 4 is 23.0 Å². The van der Waals surface area contributed by atoms with Crippen LogP contribution in [-0.2, 0) is 0 Å². The van der Waals surface area contributed by atoms with Crippen LogP contribution in [0.3, 0.4) is 0 Å². The van der Waals surface area contributed by atoms with Gasteiger partial charge in [0.15, 0.2) is 0 Å². The SMILES string of the molecule is Cc1cnc(-c2ccnc(Nc3ccc(F)cc3F)n2)s1. The molecular formula is C14H10F2N4S. The molecule has 4 nitrogen and oxygen atoms in total. The van der Waals surface area contributed by atoms with Crippen molar-refractivity contribution in [3.8, 4) is 10.7 Å². The molecule has 0 saturated carbocycles. The molecule has 0 aliphatic rings. The molecule has 0 aliphatic carbocycles. The molecule has 2 heterocycles. The highest BCUT2D eigenvalue weighted by Crippen LogP contribution is 2.24. The molecule has 0 atom stereocenters. The third-order valence-corrected chi connectivity index (χ3v) is 3.61. The van der Waals surface area contributed by atoms with Gasteiger partial charge in [-0.15, -0.1) is 11.3 Å². The van der Waals surface area contributed by atoms with Gasteiger partial charge in [-0.3, -0.25) is 0 Å². The maximum absolute atomic E-state index is 13.6. The van der Waals surface area contributed by atoms with Crippen molar-refractivity contribution in [3.63, 3.8) is 0 Å². The first-order valence-electron chi connectivity index (χ1n) is 6.10. The zero-order valence-corrected chi connectivity index (χ0v) is 11.8. The predicted octanol–water partition coefficient (Wildman–Crippen LogP) is 3.93. The van der Waals surface area contributed by atoms with E-state index in [9.17, 15) is 8.78 Å². The smallest absolute Gasteiger partial charge is 0.227 e. The van der Waals surface area contributed by atoms with Gasteiger partial charge >= 0.3 is 0 Å². The largest absolute Gasteiger partial charge is 0.322 e. The van der Waals surface area contributed by atoms with Gasteiger partial charge in [0.05, 0.1) is 5.69 Å². The van der Waals surface area contributed by atoms with Crippen molar-refractivity contribution < 1.29 is 8.78 Å². The van der Waals surface area contributed by atoms with Gasteiger partial charge in [0.2, 0.25) is 5.95 Å². The molecule has 1 N–H and O–H groups in total. The highest BCUT2D eigenvalue weighted by Gasteiger charge is 2.08. The number of rotatable bonds is 3. The third kappa shape index (κ3) is 3.03. The second-order valence-electron chi connectivity index (χ2n) is 4.29. The molecule has 0 unspecified atom stereocenters. The van der Waals surface area contributed by atoms with Gasteiger partial charge in [0.25, 0.3) is 0 Å². The Morgan fingerprint density at radius 1 is 1.14 bits per heavy atom. The molecule has 106 valence electrons. The Kier molecular flexibility index (Phi) is 3.57. The zero-order chi connectivity index (χ0) is 14.8. The second kappa shape index (κ2) is 5.53. The summed E-state index contributed by atoms with van der Waals surface area (Å²) in [4.78, 5) is 13.6. The standard InChI is InChI=1S/C14H10F2N4S/c1-8-7-18-13(21-8)12-4-5-17-14(20-12)19-11-3-2-9(15)6-10(11)16/h2-7H,1H3,(H,17,19,20). The van der Waals surface area contributed by atoms with Crippen LogP contribution in [0.2, 0.25) is 0 Å². The van der Waals surface area contributed by atoms with Crippen LogP contribution in [0.25, 0.3) is 10.7 Å². The van der Waals surface area contributed by atoms with Gasteiger partial charge in [-0.25, -0.2) is 23.7 Å². The molecule has 0 fully saturated rings. The summed E-state index contributed by atoms with van der Waals surface area (Å²) >= 11 is 1.51. The number of nitrogens with one attached hydrogen (secondary N) is 1. The molecule has 0 spiro atoms. The number of nitrogens with zero attached hydrogens (tertiary/aromatic N) is 3. The Bertz CT molecular complexity index is 788. The van der Waals surface area contributed by atoms with Crippen molar-refractivity contribution in [1.29, 1.82) is 0 Å². The summed E-state index contributed by atoms with van der Waals surface area (Å²) in [5.41, 5.74) is 0.761. The van der Waals surface area contributed by atoms with Crippen LogP contribution in [0.15, 0.2) is 36.7 Å². The van der Waals surface area contributed by atoms with Crippen molar-refractivity contribution in [2.24, 2.45) is 0 Å². The van der Waals surface area contributed by atoms with Crippen LogP contribution in [0, 0.1) is 18.6 Å². The normalized spacial score (nSPS) is 10.6. The van der Waals surface area contributed by atoms with E-state index in [2.05, 4.69) is 20.3 Å². The lowest BCUT2D eigenvalue weighted by atomic mass is 10.3. The van der Waals surface area contributed by atoms with Gasteiger partial charge in [-0.1, -0.05) is 0 Å². The summed E-state index contributed by atoms with van der Waals surface area (Å²) in [6.07, 6.45) is 3.32. The summed E-state index contributed by atoms with van der Waals surface area (Å²) in [6, 6.07) is 4.99. The van der Waals surface area contributed by atoms with Crippen molar-refractivity contribution in [3.05, 3.63) is 53.2 Å². The molecule has 2 aromatic heterocycles. The third-order valence-electron chi connectivity index (χ3n) is 2.67. The number of halogens is 2. The van der Waals surface area contributed by atoms with Crippen molar-refractivity contribution in [1.82, 2.24) is 15.0 Å². The summed E-state index contributed by atoms with van der Waals surface area (Å²) < 4.78 is 26.5. The molecule has 21 heavy (non-hydrogen) atoms. The molecular weight excluding hydrogens is 294 g/mol. The average Bonchev–Trinajstić information content (AvgIpc) is 2.89. The molecule has 1 aromatic carbocycles. The van der Waals surface area contributed by atoms with Crippen LogP contribution in [0.4, 0.5) is 20.4 Å². The summed E-state index contributed by atoms with van der Waals surface area (Å²) in [5.74, 6) is -1.11. The van der Waals surface area contributed by atoms with E-state index in [0.717, 1.165) is 16.0 Å². The Balaban J connectivity index is 1.89. The number of thiazole rings is 1. The average molecular weight is 304 g/mol. The van der Waals surface area contributed by atoms with E-state index in [-0.39, 0.29) is 11.6 Å². The van der Waals surface area contributed by atoms with Gasteiger partial charge < -0.3 is 5.32 Å². The van der Waals surface area contributed by atoms with Gasteiger partial charge in [0.1, 0.15) is 22.3 Å². The van der Waals surface area contributed by atoms with Crippen LogP contribution in [0.1, 0.15) is 4.88 Å². The minimum absolute atomic E-state index is 0.115. The van der Waals surface area contributed by atoms with E-state index in [1.54, 1.807) is 18.5 Å². The maximum Gasteiger partial charge on any atom is 0.227 e. The Labute approximate surface area is 123 Å².